The summed E-state index contributed by atoms with van der Waals surface area (Å²) < 4.78 is 13.5. The minimum Gasteiger partial charge on any atom is -0.345 e. The second kappa shape index (κ2) is 6.29. The Morgan fingerprint density at radius 1 is 1.41 bits per heavy atom. The van der Waals surface area contributed by atoms with E-state index in [1.54, 1.807) is 6.07 Å². The van der Waals surface area contributed by atoms with Crippen LogP contribution in [-0.2, 0) is 0 Å². The monoisotopic (exact) mass is 429 g/mol. The van der Waals surface area contributed by atoms with Crippen molar-refractivity contribution in [3.05, 3.63) is 34.1 Å². The van der Waals surface area contributed by atoms with Gasteiger partial charge < -0.3 is 5.32 Å². The Morgan fingerprint density at radius 3 is 2.53 bits per heavy atom. The smallest absolute Gasteiger partial charge is 0.253 e. The molecule has 0 aliphatic carbocycles. The molecule has 0 saturated carbocycles. The van der Waals surface area contributed by atoms with E-state index in [9.17, 15) is 9.18 Å². The number of carbonyl (C=O) groups is 1. The minimum absolute atomic E-state index is 0.184. The van der Waals surface area contributed by atoms with E-state index in [4.69, 9.17) is 0 Å². The predicted molar refractivity (Wildman–Crippen MR) is 77.6 cm³/mol. The van der Waals surface area contributed by atoms with Crippen LogP contribution in [0.15, 0.2) is 22.7 Å². The normalized spacial score (nSPS) is 11.4. The molecule has 6 heteroatoms. The highest BCUT2D eigenvalue weighted by Crippen LogP contribution is 2.21. The van der Waals surface area contributed by atoms with Crippen molar-refractivity contribution in [2.24, 2.45) is 0 Å². The molecule has 17 heavy (non-hydrogen) atoms. The average Bonchev–Trinajstić information content (AvgIpc) is 2.32. The lowest BCUT2D eigenvalue weighted by molar-refractivity contribution is 0.0921. The van der Waals surface area contributed by atoms with Crippen LogP contribution in [0.5, 0.6) is 0 Å². The topological polar surface area (TPSA) is 29.1 Å². The van der Waals surface area contributed by atoms with Crippen molar-refractivity contribution in [3.8, 4) is 0 Å². The van der Waals surface area contributed by atoms with E-state index in [0.29, 0.717) is 10.7 Å². The fraction of sp³-hybridized carbons (Fsp3) is 0.364. The van der Waals surface area contributed by atoms with Gasteiger partial charge in [-0.05, 0) is 35.0 Å². The third-order valence-corrected chi connectivity index (χ3v) is 5.48. The Kier molecular flexibility index (Phi) is 5.60. The maximum Gasteiger partial charge on any atom is 0.253 e. The third kappa shape index (κ3) is 3.76. The van der Waals surface area contributed by atoms with Crippen LogP contribution in [-0.4, -0.2) is 22.1 Å². The van der Waals surface area contributed by atoms with E-state index in [-0.39, 0.29) is 15.9 Å². The summed E-state index contributed by atoms with van der Waals surface area (Å²) in [7, 11) is 0. The number of hydrogen-bond acceptors (Lipinski definition) is 1. The molecule has 0 heterocycles. The Bertz CT molecular complexity index is 421. The van der Waals surface area contributed by atoms with Crippen molar-refractivity contribution in [2.45, 2.75) is 12.5 Å². The zero-order valence-electron chi connectivity index (χ0n) is 9.07. The number of nitrogens with one attached hydrogen (secondary N) is 1. The first-order valence-electron chi connectivity index (χ1n) is 4.82. The predicted octanol–water partition coefficient (Wildman–Crippen LogP) is 3.87. The molecular formula is C11H11Br3FNO. The number of benzene rings is 1. The maximum atomic E-state index is 13.3. The molecule has 0 radical (unpaired) electrons. The van der Waals surface area contributed by atoms with Crippen LogP contribution in [0.1, 0.15) is 17.3 Å². The second-order valence-corrected chi connectivity index (χ2v) is 5.80. The molecule has 0 aliphatic heterocycles. The molecule has 1 N–H and O–H groups in total. The van der Waals surface area contributed by atoms with Crippen LogP contribution in [0, 0.1) is 5.82 Å². The molecule has 1 rings (SSSR count). The number of alkyl halides is 2. The summed E-state index contributed by atoms with van der Waals surface area (Å²) in [6.45, 7) is 1.89. The van der Waals surface area contributed by atoms with Crippen molar-refractivity contribution in [1.82, 2.24) is 5.32 Å². The van der Waals surface area contributed by atoms with Crippen molar-refractivity contribution in [1.29, 1.82) is 0 Å². The van der Waals surface area contributed by atoms with Gasteiger partial charge in [-0.2, -0.15) is 0 Å². The first kappa shape index (κ1) is 15.1. The van der Waals surface area contributed by atoms with Gasteiger partial charge >= 0.3 is 0 Å². The summed E-state index contributed by atoms with van der Waals surface area (Å²) in [4.78, 5) is 12.0. The van der Waals surface area contributed by atoms with E-state index in [0.717, 1.165) is 0 Å². The van der Waals surface area contributed by atoms with E-state index in [1.807, 2.05) is 6.92 Å². The van der Waals surface area contributed by atoms with Gasteiger partial charge in [-0.15, -0.1) is 0 Å². The SMILES string of the molecule is CC(CBr)(CBr)NC(=O)c1cccc(F)c1Br. The summed E-state index contributed by atoms with van der Waals surface area (Å²) in [6, 6.07) is 4.38. The van der Waals surface area contributed by atoms with Crippen molar-refractivity contribution < 1.29 is 9.18 Å². The van der Waals surface area contributed by atoms with Crippen LogP contribution in [0.4, 0.5) is 4.39 Å². The Labute approximate surface area is 125 Å². The summed E-state index contributed by atoms with van der Waals surface area (Å²) in [5, 5.41) is 4.05. The summed E-state index contributed by atoms with van der Waals surface area (Å²) in [5.74, 6) is -0.755. The minimum atomic E-state index is -0.447. The van der Waals surface area contributed by atoms with Gasteiger partial charge in [0.15, 0.2) is 0 Å². The molecule has 2 nitrogen and oxygen atoms in total. The van der Waals surface area contributed by atoms with Crippen LogP contribution >= 0.6 is 47.8 Å². The maximum absolute atomic E-state index is 13.3. The Balaban J connectivity index is 2.94. The zero-order valence-corrected chi connectivity index (χ0v) is 13.8. The van der Waals surface area contributed by atoms with E-state index < -0.39 is 11.4 Å². The number of rotatable bonds is 4. The van der Waals surface area contributed by atoms with Crippen LogP contribution in [0.3, 0.4) is 0 Å². The lowest BCUT2D eigenvalue weighted by Crippen LogP contribution is -2.49. The number of carbonyl (C=O) groups excluding carboxylic acids is 1. The molecule has 0 unspecified atom stereocenters. The standard InChI is InChI=1S/C11H11Br3FNO/c1-11(5-12,6-13)16-10(17)7-3-2-4-8(15)9(7)14/h2-4H,5-6H2,1H3,(H,16,17). The fourth-order valence-electron chi connectivity index (χ4n) is 1.12. The molecule has 0 bridgehead atoms. The first-order valence-corrected chi connectivity index (χ1v) is 7.85. The second-order valence-electron chi connectivity index (χ2n) is 3.88. The third-order valence-electron chi connectivity index (χ3n) is 2.20. The molecule has 1 amide bonds. The zero-order chi connectivity index (χ0) is 13.1. The highest BCUT2D eigenvalue weighted by molar-refractivity contribution is 9.10. The lowest BCUT2D eigenvalue weighted by atomic mass is 10.1. The summed E-state index contributed by atoms with van der Waals surface area (Å²) in [6.07, 6.45) is 0. The van der Waals surface area contributed by atoms with E-state index >= 15 is 0 Å². The molecule has 0 aromatic heterocycles. The number of halogens is 4. The van der Waals surface area contributed by atoms with E-state index in [1.165, 1.54) is 12.1 Å². The van der Waals surface area contributed by atoms with Crippen LogP contribution < -0.4 is 5.32 Å². The average molecular weight is 432 g/mol. The molecule has 0 fully saturated rings. The van der Waals surface area contributed by atoms with Crippen LogP contribution in [0.2, 0.25) is 0 Å². The van der Waals surface area contributed by atoms with Crippen LogP contribution in [0.25, 0.3) is 0 Å². The molecule has 1 aromatic rings. The molecule has 0 spiro atoms. The van der Waals surface area contributed by atoms with Crippen molar-refractivity contribution >= 4 is 53.7 Å². The van der Waals surface area contributed by atoms with Gasteiger partial charge in [0.25, 0.3) is 5.91 Å². The lowest BCUT2D eigenvalue weighted by Gasteiger charge is -2.26. The fourth-order valence-corrected chi connectivity index (χ4v) is 2.78. The number of amides is 1. The van der Waals surface area contributed by atoms with Gasteiger partial charge in [0, 0.05) is 10.7 Å². The largest absolute Gasteiger partial charge is 0.345 e. The highest BCUT2D eigenvalue weighted by atomic mass is 79.9. The Hall–Kier alpha value is 0.0600. The van der Waals surface area contributed by atoms with Gasteiger partial charge in [-0.25, -0.2) is 4.39 Å². The quantitative estimate of drug-likeness (QED) is 0.720. The molecule has 0 aliphatic rings. The summed E-state index contributed by atoms with van der Waals surface area (Å²) in [5.41, 5.74) is -0.124. The molecule has 0 atom stereocenters. The van der Waals surface area contributed by atoms with E-state index in [2.05, 4.69) is 53.1 Å². The van der Waals surface area contributed by atoms with Gasteiger partial charge in [0.1, 0.15) is 5.82 Å². The van der Waals surface area contributed by atoms with Crippen molar-refractivity contribution in [2.75, 3.05) is 10.7 Å². The highest BCUT2D eigenvalue weighted by Gasteiger charge is 2.25. The van der Waals surface area contributed by atoms with Gasteiger partial charge in [0.05, 0.1) is 15.6 Å². The molecule has 94 valence electrons. The van der Waals surface area contributed by atoms with Crippen molar-refractivity contribution in [3.63, 3.8) is 0 Å². The Morgan fingerprint density at radius 2 is 2.00 bits per heavy atom. The molecule has 0 saturated heterocycles. The van der Waals surface area contributed by atoms with Gasteiger partial charge in [0.2, 0.25) is 0 Å². The van der Waals surface area contributed by atoms with Gasteiger partial charge in [-0.3, -0.25) is 4.79 Å². The summed E-state index contributed by atoms with van der Waals surface area (Å²) >= 11 is 9.74. The first-order chi connectivity index (χ1) is 7.93. The number of hydrogen-bond donors (Lipinski definition) is 1. The van der Waals surface area contributed by atoms with Gasteiger partial charge in [-0.1, -0.05) is 37.9 Å². The molecule has 1 aromatic carbocycles. The molecular weight excluding hydrogens is 421 g/mol.